The molecule has 1 aliphatic heterocycles. The van der Waals surface area contributed by atoms with Gasteiger partial charge in [0.2, 0.25) is 5.91 Å². The maximum absolute atomic E-state index is 12.8. The maximum atomic E-state index is 12.8. The number of aryl methyl sites for hydroxylation is 1. The second kappa shape index (κ2) is 9.26. The molecule has 8 heteroatoms. The number of carbonyl (C=O) groups excluding carboxylic acids is 1. The van der Waals surface area contributed by atoms with Gasteiger partial charge in [-0.05, 0) is 50.9 Å². The van der Waals surface area contributed by atoms with Crippen LogP contribution < -0.4 is 5.32 Å². The van der Waals surface area contributed by atoms with E-state index in [2.05, 4.69) is 25.4 Å². The highest BCUT2D eigenvalue weighted by molar-refractivity contribution is 8.01. The molecule has 2 aromatic rings. The molecule has 1 saturated heterocycles. The summed E-state index contributed by atoms with van der Waals surface area (Å²) in [4.78, 5) is 19.2. The van der Waals surface area contributed by atoms with E-state index in [9.17, 15) is 4.79 Å². The van der Waals surface area contributed by atoms with Crippen molar-refractivity contribution in [3.05, 3.63) is 35.1 Å². The van der Waals surface area contributed by atoms with Crippen LogP contribution in [0.25, 0.3) is 0 Å². The Morgan fingerprint density at radius 1 is 1.40 bits per heavy atom. The molecule has 0 saturated carbocycles. The van der Waals surface area contributed by atoms with E-state index in [1.165, 1.54) is 0 Å². The van der Waals surface area contributed by atoms with Crippen LogP contribution in [0.1, 0.15) is 35.9 Å². The number of thioether (sulfide) groups is 1. The fourth-order valence-corrected chi connectivity index (χ4v) is 4.77. The van der Waals surface area contributed by atoms with Gasteiger partial charge in [-0.1, -0.05) is 29.2 Å². The number of nitrogens with zero attached hydrogens (tertiary/aromatic N) is 4. The summed E-state index contributed by atoms with van der Waals surface area (Å²) in [5.74, 6) is 1.00. The summed E-state index contributed by atoms with van der Waals surface area (Å²) in [7, 11) is 0. The summed E-state index contributed by atoms with van der Waals surface area (Å²) in [5.41, 5.74) is 0.973. The predicted octanol–water partition coefficient (Wildman–Crippen LogP) is 2.68. The fourth-order valence-electron chi connectivity index (χ4n) is 2.94. The highest BCUT2D eigenvalue weighted by atomic mass is 32.2. The molecular weight excluding hydrogens is 354 g/mol. The Morgan fingerprint density at radius 3 is 2.92 bits per heavy atom. The van der Waals surface area contributed by atoms with Crippen molar-refractivity contribution < 1.29 is 4.79 Å². The Balaban J connectivity index is 1.48. The molecule has 1 fully saturated rings. The average molecular weight is 378 g/mol. The molecule has 25 heavy (non-hydrogen) atoms. The molecule has 134 valence electrons. The Bertz CT molecular complexity index is 673. The first kappa shape index (κ1) is 18.3. The average Bonchev–Trinajstić information content (AvgIpc) is 3.28. The highest BCUT2D eigenvalue weighted by Gasteiger charge is 2.29. The number of hydrogen-bond donors (Lipinski definition) is 1. The van der Waals surface area contributed by atoms with Crippen LogP contribution in [0.3, 0.4) is 0 Å². The summed E-state index contributed by atoms with van der Waals surface area (Å²) in [5, 5.41) is 12.2. The largest absolute Gasteiger partial charge is 0.354 e. The SMILES string of the molecule is Cc1nnc(SCCCNC(=O)C(c2cccnc2)N2CCCC2)s1. The Morgan fingerprint density at radius 2 is 2.24 bits per heavy atom. The van der Waals surface area contributed by atoms with Gasteiger partial charge in [0.25, 0.3) is 0 Å². The van der Waals surface area contributed by atoms with Crippen LogP contribution >= 0.6 is 23.1 Å². The quantitative estimate of drug-likeness (QED) is 0.563. The van der Waals surface area contributed by atoms with E-state index in [1.54, 1.807) is 35.5 Å². The van der Waals surface area contributed by atoms with Crippen molar-refractivity contribution >= 4 is 29.0 Å². The van der Waals surface area contributed by atoms with Gasteiger partial charge >= 0.3 is 0 Å². The molecule has 1 unspecified atom stereocenters. The molecule has 6 nitrogen and oxygen atoms in total. The summed E-state index contributed by atoms with van der Waals surface area (Å²) < 4.78 is 0.995. The van der Waals surface area contributed by atoms with Gasteiger partial charge in [0, 0.05) is 24.7 Å². The second-order valence-corrected chi connectivity index (χ2v) is 8.54. The number of amides is 1. The van der Waals surface area contributed by atoms with Crippen LogP contribution in [0.15, 0.2) is 28.9 Å². The van der Waals surface area contributed by atoms with Crippen LogP contribution in [0, 0.1) is 6.92 Å². The number of carbonyl (C=O) groups is 1. The predicted molar refractivity (Wildman–Crippen MR) is 101 cm³/mol. The smallest absolute Gasteiger partial charge is 0.242 e. The molecule has 0 radical (unpaired) electrons. The Labute approximate surface area is 156 Å². The van der Waals surface area contributed by atoms with Crippen molar-refractivity contribution in [1.82, 2.24) is 25.4 Å². The zero-order valence-electron chi connectivity index (χ0n) is 14.4. The third kappa shape index (κ3) is 5.23. The van der Waals surface area contributed by atoms with E-state index in [4.69, 9.17) is 0 Å². The van der Waals surface area contributed by atoms with Crippen molar-refractivity contribution in [2.75, 3.05) is 25.4 Å². The van der Waals surface area contributed by atoms with Crippen molar-refractivity contribution in [3.8, 4) is 0 Å². The molecule has 2 aromatic heterocycles. The lowest BCUT2D eigenvalue weighted by Crippen LogP contribution is -2.39. The molecule has 0 aromatic carbocycles. The van der Waals surface area contributed by atoms with Crippen LogP contribution in [0.2, 0.25) is 0 Å². The maximum Gasteiger partial charge on any atom is 0.242 e. The lowest BCUT2D eigenvalue weighted by atomic mass is 10.1. The number of rotatable bonds is 8. The minimum atomic E-state index is -0.227. The third-order valence-corrected chi connectivity index (χ3v) is 6.17. The van der Waals surface area contributed by atoms with E-state index in [1.807, 2.05) is 19.1 Å². The number of nitrogens with one attached hydrogen (secondary N) is 1. The summed E-state index contributed by atoms with van der Waals surface area (Å²) in [6.45, 7) is 4.57. The topological polar surface area (TPSA) is 71.0 Å². The number of hydrogen-bond acceptors (Lipinski definition) is 7. The van der Waals surface area contributed by atoms with E-state index < -0.39 is 0 Å². The zero-order valence-corrected chi connectivity index (χ0v) is 16.0. The van der Waals surface area contributed by atoms with E-state index in [0.29, 0.717) is 6.54 Å². The van der Waals surface area contributed by atoms with Crippen molar-refractivity contribution in [1.29, 1.82) is 0 Å². The van der Waals surface area contributed by atoms with Gasteiger partial charge < -0.3 is 5.32 Å². The molecule has 3 heterocycles. The molecule has 1 atom stereocenters. The Hall–Kier alpha value is -1.51. The van der Waals surface area contributed by atoms with Crippen molar-refractivity contribution in [2.45, 2.75) is 36.6 Å². The normalized spacial score (nSPS) is 16.0. The molecule has 1 amide bonds. The molecule has 0 aliphatic carbocycles. The van der Waals surface area contributed by atoms with Gasteiger partial charge in [-0.25, -0.2) is 0 Å². The number of likely N-dealkylation sites (tertiary alicyclic amines) is 1. The molecule has 3 rings (SSSR count). The monoisotopic (exact) mass is 377 g/mol. The molecule has 1 N–H and O–H groups in total. The molecule has 1 aliphatic rings. The summed E-state index contributed by atoms with van der Waals surface area (Å²) in [6, 6.07) is 3.66. The fraction of sp³-hybridized carbons (Fsp3) is 0.529. The zero-order chi connectivity index (χ0) is 17.5. The first-order valence-corrected chi connectivity index (χ1v) is 10.4. The highest BCUT2D eigenvalue weighted by Crippen LogP contribution is 2.25. The molecular formula is C17H23N5OS2. The van der Waals surface area contributed by atoms with Crippen molar-refractivity contribution in [2.24, 2.45) is 0 Å². The standard InChI is InChI=1S/C17H23N5OS2/c1-13-20-21-17(25-13)24-11-5-8-19-16(23)15(22-9-2-3-10-22)14-6-4-7-18-12-14/h4,6-7,12,15H,2-3,5,8-11H2,1H3,(H,19,23). The van der Waals surface area contributed by atoms with Crippen molar-refractivity contribution in [3.63, 3.8) is 0 Å². The lowest BCUT2D eigenvalue weighted by Gasteiger charge is -2.26. The number of pyridine rings is 1. The minimum absolute atomic E-state index is 0.0756. The second-order valence-electron chi connectivity index (χ2n) is 6.01. The van der Waals surface area contributed by atoms with Gasteiger partial charge in [0.05, 0.1) is 0 Å². The van der Waals surface area contributed by atoms with Crippen LogP contribution in [0.4, 0.5) is 0 Å². The van der Waals surface area contributed by atoms with Gasteiger partial charge in [-0.15, -0.1) is 10.2 Å². The molecule has 0 bridgehead atoms. The first-order valence-electron chi connectivity index (χ1n) is 8.58. The summed E-state index contributed by atoms with van der Waals surface area (Å²) >= 11 is 3.31. The van der Waals surface area contributed by atoms with Gasteiger partial charge in [-0.3, -0.25) is 14.7 Å². The minimum Gasteiger partial charge on any atom is -0.354 e. The molecule has 0 spiro atoms. The Kier molecular flexibility index (Phi) is 6.77. The third-order valence-electron chi connectivity index (χ3n) is 4.11. The van der Waals surface area contributed by atoms with Gasteiger partial charge in [0.1, 0.15) is 11.0 Å². The lowest BCUT2D eigenvalue weighted by molar-refractivity contribution is -0.126. The number of aromatic nitrogens is 3. The summed E-state index contributed by atoms with van der Waals surface area (Å²) in [6.07, 6.45) is 6.77. The van der Waals surface area contributed by atoms with E-state index >= 15 is 0 Å². The first-order chi connectivity index (χ1) is 12.2. The van der Waals surface area contributed by atoms with Gasteiger partial charge in [-0.2, -0.15) is 0 Å². The van der Waals surface area contributed by atoms with Crippen LogP contribution in [-0.2, 0) is 4.79 Å². The van der Waals surface area contributed by atoms with E-state index in [0.717, 1.165) is 53.0 Å². The van der Waals surface area contributed by atoms with Gasteiger partial charge in [0.15, 0.2) is 4.34 Å². The van der Waals surface area contributed by atoms with E-state index in [-0.39, 0.29) is 11.9 Å². The van der Waals surface area contributed by atoms with Crippen LogP contribution in [0.5, 0.6) is 0 Å². The van der Waals surface area contributed by atoms with Crippen LogP contribution in [-0.4, -0.2) is 51.4 Å².